The molecule has 1 aromatic carbocycles. The van der Waals surface area contributed by atoms with Crippen LogP contribution in [0.4, 0.5) is 5.69 Å². The molecule has 1 aliphatic rings. The molecule has 2 rings (SSSR count). The molecule has 0 aromatic heterocycles. The molecule has 0 unspecified atom stereocenters. The van der Waals surface area contributed by atoms with E-state index in [0.29, 0.717) is 18.0 Å². The molecule has 0 radical (unpaired) electrons. The molecule has 0 aliphatic heterocycles. The molecule has 2 N–H and O–H groups in total. The maximum Gasteiger partial charge on any atom is 0.303 e. The van der Waals surface area contributed by atoms with Gasteiger partial charge < -0.3 is 15.2 Å². The van der Waals surface area contributed by atoms with Gasteiger partial charge >= 0.3 is 5.97 Å². The number of benzene rings is 1. The first kappa shape index (κ1) is 19.3. The van der Waals surface area contributed by atoms with Gasteiger partial charge in [0, 0.05) is 6.42 Å². The lowest BCUT2D eigenvalue weighted by Gasteiger charge is -2.35. The van der Waals surface area contributed by atoms with E-state index in [1.807, 2.05) is 24.3 Å². The predicted molar refractivity (Wildman–Crippen MR) is 97.9 cm³/mol. The molecule has 0 atom stereocenters. The number of unbranched alkanes of at least 4 members (excludes halogenated alkanes) is 1. The summed E-state index contributed by atoms with van der Waals surface area (Å²) in [6.07, 6.45) is 7.06. The second-order valence-corrected chi connectivity index (χ2v) is 7.05. The highest BCUT2D eigenvalue weighted by atomic mass is 16.5. The maximum absolute atomic E-state index is 12.6. The normalized spacial score (nSPS) is 16.2. The molecule has 1 fully saturated rings. The van der Waals surface area contributed by atoms with E-state index >= 15 is 0 Å². The third-order valence-electron chi connectivity index (χ3n) is 4.89. The molecule has 1 saturated carbocycles. The van der Waals surface area contributed by atoms with Gasteiger partial charge in [-0.3, -0.25) is 9.59 Å². The average Bonchev–Trinajstić information content (AvgIpc) is 2.56. The van der Waals surface area contributed by atoms with Crippen LogP contribution < -0.4 is 10.1 Å². The van der Waals surface area contributed by atoms with E-state index in [9.17, 15) is 14.7 Å². The van der Waals surface area contributed by atoms with Crippen LogP contribution in [0.2, 0.25) is 0 Å². The molecular weight excluding hydrogens is 318 g/mol. The summed E-state index contributed by atoms with van der Waals surface area (Å²) in [5.74, 6) is -0.284. The predicted octanol–water partition coefficient (Wildman–Crippen LogP) is 4.62. The van der Waals surface area contributed by atoms with Gasteiger partial charge in [-0.15, -0.1) is 0 Å². The lowest BCUT2D eigenvalue weighted by Crippen LogP contribution is -2.32. The first-order valence-electron chi connectivity index (χ1n) is 9.28. The van der Waals surface area contributed by atoms with Gasteiger partial charge in [0.1, 0.15) is 5.75 Å². The first-order chi connectivity index (χ1) is 12.0. The summed E-state index contributed by atoms with van der Waals surface area (Å²) in [5, 5.41) is 12.2. The van der Waals surface area contributed by atoms with Crippen molar-refractivity contribution in [2.75, 3.05) is 11.9 Å². The minimum absolute atomic E-state index is 0.0646. The summed E-state index contributed by atoms with van der Waals surface area (Å²) in [7, 11) is 0. The van der Waals surface area contributed by atoms with Gasteiger partial charge in [0.25, 0.3) is 0 Å². The fraction of sp³-hybridized carbons (Fsp3) is 0.600. The van der Waals surface area contributed by atoms with Crippen molar-refractivity contribution in [1.29, 1.82) is 0 Å². The number of rotatable bonds is 9. The second kappa shape index (κ2) is 9.44. The van der Waals surface area contributed by atoms with E-state index in [1.54, 1.807) is 0 Å². The standard InChI is InChI=1S/C20H29NO4/c1-2-3-13-25-17-10-6-5-9-16(17)21-18(22)14-20(15-19(23)24)11-7-4-8-12-20/h5-6,9-10H,2-4,7-8,11-15H2,1H3,(H,21,22)(H,23,24). The van der Waals surface area contributed by atoms with Crippen LogP contribution in [0.3, 0.4) is 0 Å². The average molecular weight is 347 g/mol. The maximum atomic E-state index is 12.6. The molecule has 1 aliphatic carbocycles. The Morgan fingerprint density at radius 2 is 1.88 bits per heavy atom. The molecule has 1 amide bonds. The topological polar surface area (TPSA) is 75.6 Å². The van der Waals surface area contributed by atoms with Crippen molar-refractivity contribution in [2.45, 2.75) is 64.7 Å². The van der Waals surface area contributed by atoms with Gasteiger partial charge in [-0.05, 0) is 36.8 Å². The molecule has 5 heteroatoms. The van der Waals surface area contributed by atoms with E-state index < -0.39 is 11.4 Å². The van der Waals surface area contributed by atoms with Gasteiger partial charge in [0.05, 0.1) is 18.7 Å². The summed E-state index contributed by atoms with van der Waals surface area (Å²) >= 11 is 0. The van der Waals surface area contributed by atoms with Crippen molar-refractivity contribution in [3.05, 3.63) is 24.3 Å². The van der Waals surface area contributed by atoms with Crippen LogP contribution in [0.5, 0.6) is 5.75 Å². The number of hydrogen-bond donors (Lipinski definition) is 2. The first-order valence-corrected chi connectivity index (χ1v) is 9.28. The summed E-state index contributed by atoms with van der Waals surface area (Å²) in [6.45, 7) is 2.72. The Morgan fingerprint density at radius 3 is 2.56 bits per heavy atom. The number of carboxylic acid groups (broad SMARTS) is 1. The fourth-order valence-electron chi connectivity index (χ4n) is 3.60. The van der Waals surface area contributed by atoms with Crippen molar-refractivity contribution in [3.8, 4) is 5.75 Å². The third-order valence-corrected chi connectivity index (χ3v) is 4.89. The van der Waals surface area contributed by atoms with E-state index in [2.05, 4.69) is 12.2 Å². The van der Waals surface area contributed by atoms with Crippen LogP contribution in [0.1, 0.15) is 64.7 Å². The zero-order valence-electron chi connectivity index (χ0n) is 15.1. The highest BCUT2D eigenvalue weighted by molar-refractivity contribution is 5.93. The Kier molecular flexibility index (Phi) is 7.29. The lowest BCUT2D eigenvalue weighted by molar-refractivity contribution is -0.140. The van der Waals surface area contributed by atoms with Crippen LogP contribution in [0.15, 0.2) is 24.3 Å². The Bertz CT molecular complexity index is 579. The van der Waals surface area contributed by atoms with Gasteiger partial charge in [-0.25, -0.2) is 0 Å². The Hall–Kier alpha value is -2.04. The zero-order valence-corrected chi connectivity index (χ0v) is 15.1. The van der Waals surface area contributed by atoms with Gasteiger partial charge in [-0.2, -0.15) is 0 Å². The molecule has 138 valence electrons. The molecule has 0 spiro atoms. The minimum atomic E-state index is -0.821. The van der Waals surface area contributed by atoms with Crippen molar-refractivity contribution >= 4 is 17.6 Å². The molecule has 5 nitrogen and oxygen atoms in total. The number of anilines is 1. The van der Waals surface area contributed by atoms with Crippen molar-refractivity contribution in [1.82, 2.24) is 0 Å². The molecule has 0 heterocycles. The molecule has 1 aromatic rings. The zero-order chi connectivity index (χ0) is 18.1. The molecule has 0 bridgehead atoms. The number of carbonyl (C=O) groups excluding carboxylic acids is 1. The van der Waals surface area contributed by atoms with Crippen molar-refractivity contribution in [2.24, 2.45) is 5.41 Å². The van der Waals surface area contributed by atoms with Crippen LogP contribution in [0.25, 0.3) is 0 Å². The van der Waals surface area contributed by atoms with E-state index in [-0.39, 0.29) is 18.7 Å². The highest BCUT2D eigenvalue weighted by Gasteiger charge is 2.36. The van der Waals surface area contributed by atoms with Crippen LogP contribution >= 0.6 is 0 Å². The number of para-hydroxylation sites is 2. The van der Waals surface area contributed by atoms with Crippen molar-refractivity contribution < 1.29 is 19.4 Å². The molecule has 25 heavy (non-hydrogen) atoms. The summed E-state index contributed by atoms with van der Waals surface area (Å²) in [5.41, 5.74) is 0.247. The van der Waals surface area contributed by atoms with Crippen LogP contribution in [0, 0.1) is 5.41 Å². The van der Waals surface area contributed by atoms with E-state index in [4.69, 9.17) is 4.74 Å². The number of nitrogens with one attached hydrogen (secondary N) is 1. The smallest absolute Gasteiger partial charge is 0.303 e. The minimum Gasteiger partial charge on any atom is -0.491 e. The number of aliphatic carboxylic acids is 1. The Balaban J connectivity index is 2.02. The number of ether oxygens (including phenoxy) is 1. The van der Waals surface area contributed by atoms with Gasteiger partial charge in [0.2, 0.25) is 5.91 Å². The van der Waals surface area contributed by atoms with Gasteiger partial charge in [-0.1, -0.05) is 44.7 Å². The Morgan fingerprint density at radius 1 is 1.16 bits per heavy atom. The quantitative estimate of drug-likeness (QED) is 0.639. The summed E-state index contributed by atoms with van der Waals surface area (Å²) in [4.78, 5) is 23.9. The SMILES string of the molecule is CCCCOc1ccccc1NC(=O)CC1(CC(=O)O)CCCCC1. The lowest BCUT2D eigenvalue weighted by atomic mass is 9.69. The van der Waals surface area contributed by atoms with Gasteiger partial charge in [0.15, 0.2) is 0 Å². The number of amides is 1. The van der Waals surface area contributed by atoms with E-state index in [1.165, 1.54) is 0 Å². The monoisotopic (exact) mass is 347 g/mol. The highest BCUT2D eigenvalue weighted by Crippen LogP contribution is 2.42. The number of hydrogen-bond acceptors (Lipinski definition) is 3. The second-order valence-electron chi connectivity index (χ2n) is 7.05. The number of carboxylic acids is 1. The third kappa shape index (κ3) is 6.07. The molecular formula is C20H29NO4. The summed E-state index contributed by atoms with van der Waals surface area (Å²) < 4.78 is 5.75. The van der Waals surface area contributed by atoms with E-state index in [0.717, 1.165) is 44.9 Å². The largest absolute Gasteiger partial charge is 0.491 e. The Labute approximate surface area is 149 Å². The van der Waals surface area contributed by atoms with Crippen LogP contribution in [-0.2, 0) is 9.59 Å². The van der Waals surface area contributed by atoms with Crippen LogP contribution in [-0.4, -0.2) is 23.6 Å². The van der Waals surface area contributed by atoms with Crippen molar-refractivity contribution in [3.63, 3.8) is 0 Å². The molecule has 0 saturated heterocycles. The number of carbonyl (C=O) groups is 2. The fourth-order valence-corrected chi connectivity index (χ4v) is 3.60. The summed E-state index contributed by atoms with van der Waals surface area (Å²) in [6, 6.07) is 7.41.